The number of carboxylic acid groups (broad SMARTS) is 1. The molecule has 192 valence electrons. The number of nitrogens with zero attached hydrogens (tertiary/aromatic N) is 1. The van der Waals surface area contributed by atoms with Gasteiger partial charge in [-0.25, -0.2) is 9.59 Å². The smallest absolute Gasteiger partial charge is 0.490 e. The van der Waals surface area contributed by atoms with E-state index in [2.05, 4.69) is 15.5 Å². The van der Waals surface area contributed by atoms with Crippen molar-refractivity contribution in [1.82, 2.24) is 15.5 Å². The van der Waals surface area contributed by atoms with E-state index in [9.17, 15) is 28.2 Å². The molecule has 10 nitrogen and oxygen atoms in total. The molecule has 5 N–H and O–H groups in total. The molecule has 0 bridgehead atoms. The lowest BCUT2D eigenvalue weighted by Gasteiger charge is -2.22. The van der Waals surface area contributed by atoms with Crippen LogP contribution in [0.3, 0.4) is 0 Å². The Labute approximate surface area is 194 Å². The normalized spacial score (nSPS) is 24.8. The maximum Gasteiger partial charge on any atom is 0.490 e. The summed E-state index contributed by atoms with van der Waals surface area (Å²) in [5, 5.41) is 32.8. The number of benzene rings is 1. The number of aliphatic hydroxyl groups excluding tert-OH is 2. The SMILES string of the molecule is COc1ccc(C[C@H]2NC[C@H](O)[C@H]2OC(=O)NCCN2CC[C@H](O)C2)cc1.O=C(O)C(F)(F)F. The summed E-state index contributed by atoms with van der Waals surface area (Å²) in [6, 6.07) is 7.56. The van der Waals surface area contributed by atoms with Gasteiger partial charge in [0, 0.05) is 32.7 Å². The van der Waals surface area contributed by atoms with Gasteiger partial charge in [-0.3, -0.25) is 4.90 Å². The molecule has 2 fully saturated rings. The number of likely N-dealkylation sites (tertiary alicyclic amines) is 1. The molecule has 2 aliphatic rings. The molecule has 34 heavy (non-hydrogen) atoms. The van der Waals surface area contributed by atoms with Crippen molar-refractivity contribution in [2.45, 2.75) is 43.4 Å². The molecule has 13 heteroatoms. The summed E-state index contributed by atoms with van der Waals surface area (Å²) >= 11 is 0. The Kier molecular flexibility index (Phi) is 10.4. The molecule has 0 spiro atoms. The number of alkyl carbamates (subject to hydrolysis) is 1. The first-order valence-electron chi connectivity index (χ1n) is 10.7. The first kappa shape index (κ1) is 27.6. The van der Waals surface area contributed by atoms with E-state index in [1.165, 1.54) is 0 Å². The van der Waals surface area contributed by atoms with Crippen LogP contribution in [-0.2, 0) is 16.0 Å². The molecule has 1 aromatic rings. The highest BCUT2D eigenvalue weighted by molar-refractivity contribution is 5.73. The van der Waals surface area contributed by atoms with Gasteiger partial charge in [0.05, 0.1) is 19.3 Å². The van der Waals surface area contributed by atoms with E-state index in [-0.39, 0.29) is 12.1 Å². The standard InChI is InChI=1S/C19H29N3O5.C2HF3O2/c1-26-15-4-2-13(3-5-15)10-16-18(17(24)11-21-16)27-19(25)20-7-9-22-8-6-14(23)12-22;3-2(4,5)1(6)7/h2-5,14,16-18,21,23-24H,6-12H2,1H3,(H,20,25);(H,6,7)/t14-,16+,17-,18-;/m0./s1. The van der Waals surface area contributed by atoms with Crippen LogP contribution in [0.5, 0.6) is 5.75 Å². The van der Waals surface area contributed by atoms with Gasteiger partial charge in [-0.2, -0.15) is 13.2 Å². The molecule has 1 aromatic carbocycles. The fraction of sp³-hybridized carbons (Fsp3) is 0.619. The van der Waals surface area contributed by atoms with Gasteiger partial charge in [0.25, 0.3) is 0 Å². The Balaban J connectivity index is 0.000000509. The quantitative estimate of drug-likeness (QED) is 0.364. The molecule has 2 aliphatic heterocycles. The molecule has 0 aromatic heterocycles. The van der Waals surface area contributed by atoms with E-state index >= 15 is 0 Å². The first-order chi connectivity index (χ1) is 16.0. The van der Waals surface area contributed by atoms with Crippen molar-refractivity contribution in [3.63, 3.8) is 0 Å². The van der Waals surface area contributed by atoms with Crippen LogP contribution in [0.2, 0.25) is 0 Å². The minimum atomic E-state index is -5.08. The number of ether oxygens (including phenoxy) is 2. The molecule has 0 aliphatic carbocycles. The van der Waals surface area contributed by atoms with Gasteiger partial charge in [-0.05, 0) is 30.5 Å². The average Bonchev–Trinajstić information content (AvgIpc) is 3.34. The molecule has 4 atom stereocenters. The Bertz CT molecular complexity index is 795. The van der Waals surface area contributed by atoms with Crippen LogP contribution in [0.4, 0.5) is 18.0 Å². The third-order valence-corrected chi connectivity index (χ3v) is 5.41. The van der Waals surface area contributed by atoms with Gasteiger partial charge in [0.15, 0.2) is 0 Å². The monoisotopic (exact) mass is 493 g/mol. The zero-order valence-corrected chi connectivity index (χ0v) is 18.6. The van der Waals surface area contributed by atoms with Gasteiger partial charge in [0.1, 0.15) is 18.0 Å². The number of carbonyl (C=O) groups excluding carboxylic acids is 1. The Morgan fingerprint density at radius 3 is 2.41 bits per heavy atom. The number of amides is 1. The topological polar surface area (TPSA) is 141 Å². The van der Waals surface area contributed by atoms with E-state index in [4.69, 9.17) is 19.4 Å². The van der Waals surface area contributed by atoms with Gasteiger partial charge in [0.2, 0.25) is 0 Å². The number of aliphatic hydroxyl groups is 2. The van der Waals surface area contributed by atoms with E-state index in [0.29, 0.717) is 32.6 Å². The zero-order valence-electron chi connectivity index (χ0n) is 18.6. The number of hydrogen-bond donors (Lipinski definition) is 5. The summed E-state index contributed by atoms with van der Waals surface area (Å²) in [7, 11) is 1.62. The second-order valence-electron chi connectivity index (χ2n) is 7.98. The fourth-order valence-corrected chi connectivity index (χ4v) is 3.63. The van der Waals surface area contributed by atoms with Crippen molar-refractivity contribution >= 4 is 12.1 Å². The van der Waals surface area contributed by atoms with Crippen LogP contribution in [0.1, 0.15) is 12.0 Å². The minimum absolute atomic E-state index is 0.145. The second kappa shape index (κ2) is 12.7. The van der Waals surface area contributed by atoms with Gasteiger partial charge in [-0.1, -0.05) is 12.1 Å². The Hall–Kier alpha value is -2.61. The minimum Gasteiger partial charge on any atom is -0.497 e. The van der Waals surface area contributed by atoms with Crippen LogP contribution in [0.15, 0.2) is 24.3 Å². The van der Waals surface area contributed by atoms with Crippen molar-refractivity contribution in [3.8, 4) is 5.75 Å². The summed E-state index contributed by atoms with van der Waals surface area (Å²) in [6.45, 7) is 3.00. The Morgan fingerprint density at radius 2 is 1.88 bits per heavy atom. The maximum absolute atomic E-state index is 12.1. The van der Waals surface area contributed by atoms with Crippen LogP contribution in [0.25, 0.3) is 0 Å². The third-order valence-electron chi connectivity index (χ3n) is 5.41. The number of β-amino-alcohol motifs (C(OH)–C–C–N with tert-alkyl or cyclic N) is 2. The van der Waals surface area contributed by atoms with Gasteiger partial charge < -0.3 is 35.4 Å². The molecule has 0 radical (unpaired) electrons. The number of hydrogen-bond acceptors (Lipinski definition) is 8. The summed E-state index contributed by atoms with van der Waals surface area (Å²) in [5.74, 6) is -1.97. The number of nitrogens with one attached hydrogen (secondary N) is 2. The second-order valence-corrected chi connectivity index (χ2v) is 7.98. The van der Waals surface area contributed by atoms with Crippen LogP contribution in [-0.4, -0.2) is 103 Å². The van der Waals surface area contributed by atoms with Crippen LogP contribution >= 0.6 is 0 Å². The highest BCUT2D eigenvalue weighted by Crippen LogP contribution is 2.19. The molecule has 2 heterocycles. The molecule has 1 amide bonds. The number of methoxy groups -OCH3 is 1. The number of carboxylic acids is 1. The fourth-order valence-electron chi connectivity index (χ4n) is 3.63. The highest BCUT2D eigenvalue weighted by atomic mass is 19.4. The summed E-state index contributed by atoms with van der Waals surface area (Å²) < 4.78 is 42.4. The van der Waals surface area contributed by atoms with E-state index < -0.39 is 30.4 Å². The molecule has 2 saturated heterocycles. The predicted molar refractivity (Wildman–Crippen MR) is 114 cm³/mol. The van der Waals surface area contributed by atoms with Crippen molar-refractivity contribution in [3.05, 3.63) is 29.8 Å². The number of rotatable bonds is 7. The van der Waals surface area contributed by atoms with Crippen molar-refractivity contribution in [1.29, 1.82) is 0 Å². The number of aliphatic carboxylic acids is 1. The summed E-state index contributed by atoms with van der Waals surface area (Å²) in [5.41, 5.74) is 1.07. The first-order valence-corrected chi connectivity index (χ1v) is 10.7. The van der Waals surface area contributed by atoms with Crippen molar-refractivity contribution in [2.24, 2.45) is 0 Å². The van der Waals surface area contributed by atoms with E-state index in [1.807, 2.05) is 24.3 Å². The lowest BCUT2D eigenvalue weighted by molar-refractivity contribution is -0.192. The summed E-state index contributed by atoms with van der Waals surface area (Å²) in [6.07, 6.45) is -5.78. The number of alkyl halides is 3. The van der Waals surface area contributed by atoms with Crippen LogP contribution in [0, 0.1) is 0 Å². The molecule has 0 saturated carbocycles. The number of halogens is 3. The van der Waals surface area contributed by atoms with E-state index in [0.717, 1.165) is 24.3 Å². The van der Waals surface area contributed by atoms with Gasteiger partial charge >= 0.3 is 18.2 Å². The van der Waals surface area contributed by atoms with E-state index in [1.54, 1.807) is 7.11 Å². The highest BCUT2D eigenvalue weighted by Gasteiger charge is 2.38. The van der Waals surface area contributed by atoms with Gasteiger partial charge in [-0.15, -0.1) is 0 Å². The average molecular weight is 493 g/mol. The van der Waals surface area contributed by atoms with Crippen molar-refractivity contribution in [2.75, 3.05) is 39.8 Å². The lowest BCUT2D eigenvalue weighted by atomic mass is 10.0. The molecular weight excluding hydrogens is 463 g/mol. The molecule has 0 unspecified atom stereocenters. The molecule has 3 rings (SSSR count). The number of carbonyl (C=O) groups is 2. The Morgan fingerprint density at radius 1 is 1.24 bits per heavy atom. The zero-order chi connectivity index (χ0) is 25.3. The van der Waals surface area contributed by atoms with Crippen molar-refractivity contribution < 1.29 is 47.6 Å². The van der Waals surface area contributed by atoms with Crippen LogP contribution < -0.4 is 15.4 Å². The lowest BCUT2D eigenvalue weighted by Crippen LogP contribution is -2.42. The molecular formula is C21H30F3N3O7. The largest absolute Gasteiger partial charge is 0.497 e. The predicted octanol–water partition coefficient (Wildman–Crippen LogP) is 0.365. The summed E-state index contributed by atoms with van der Waals surface area (Å²) in [4.78, 5) is 23.1. The maximum atomic E-state index is 12.1. The third kappa shape index (κ3) is 8.97.